The first kappa shape index (κ1) is 27.9. The number of carbonyl (C=O) groups is 5. The van der Waals surface area contributed by atoms with Crippen LogP contribution in [0.5, 0.6) is 0 Å². The molecule has 1 heterocycles. The summed E-state index contributed by atoms with van der Waals surface area (Å²) in [4.78, 5) is 66.1. The third-order valence-electron chi connectivity index (χ3n) is 4.48. The number of aliphatic carboxylic acids is 2. The van der Waals surface area contributed by atoms with Crippen LogP contribution in [0.15, 0.2) is 12.5 Å². The number of aromatic amines is 1. The number of hydrogen-bond donors (Lipinski definition) is 9. The number of amides is 3. The molecular weight excluding hydrogens is 460 g/mol. The predicted molar refractivity (Wildman–Crippen MR) is 116 cm³/mol. The summed E-state index contributed by atoms with van der Waals surface area (Å²) >= 11 is 3.84. The fraction of sp³-hybridized carbons (Fsp3) is 0.556. The number of nitrogens with zero attached hydrogens (tertiary/aromatic N) is 1. The maximum Gasteiger partial charge on any atom is 0.327 e. The molecule has 0 bridgehead atoms. The number of nitrogens with two attached hydrogens (primary N) is 1. The quantitative estimate of drug-likeness (QED) is 0.120. The first-order valence-corrected chi connectivity index (χ1v) is 10.5. The molecule has 9 N–H and O–H groups in total. The van der Waals surface area contributed by atoms with Crippen LogP contribution in [0.4, 0.5) is 0 Å². The van der Waals surface area contributed by atoms with Gasteiger partial charge < -0.3 is 42.0 Å². The lowest BCUT2D eigenvalue weighted by Gasteiger charge is -2.26. The molecule has 15 heteroatoms. The zero-order valence-corrected chi connectivity index (χ0v) is 18.6. The number of imidazole rings is 1. The van der Waals surface area contributed by atoms with Gasteiger partial charge in [-0.25, -0.2) is 9.78 Å². The molecule has 5 unspecified atom stereocenters. The van der Waals surface area contributed by atoms with E-state index in [4.69, 9.17) is 15.9 Å². The van der Waals surface area contributed by atoms with Crippen LogP contribution < -0.4 is 21.7 Å². The smallest absolute Gasteiger partial charge is 0.327 e. The molecule has 33 heavy (non-hydrogen) atoms. The van der Waals surface area contributed by atoms with Crippen molar-refractivity contribution in [1.29, 1.82) is 0 Å². The highest BCUT2D eigenvalue weighted by Crippen LogP contribution is 2.04. The van der Waals surface area contributed by atoms with E-state index < -0.39 is 59.9 Å². The largest absolute Gasteiger partial charge is 0.481 e. The average molecular weight is 489 g/mol. The average Bonchev–Trinajstić information content (AvgIpc) is 3.25. The van der Waals surface area contributed by atoms with Gasteiger partial charge in [-0.15, -0.1) is 0 Å². The highest BCUT2D eigenvalue weighted by Gasteiger charge is 2.32. The van der Waals surface area contributed by atoms with Crippen molar-refractivity contribution in [2.75, 3.05) is 5.75 Å². The minimum absolute atomic E-state index is 0.0915. The van der Waals surface area contributed by atoms with Crippen LogP contribution in [0, 0.1) is 0 Å². The van der Waals surface area contributed by atoms with Crippen LogP contribution >= 0.6 is 12.6 Å². The van der Waals surface area contributed by atoms with Gasteiger partial charge in [-0.1, -0.05) is 0 Å². The number of thiol groups is 1. The van der Waals surface area contributed by atoms with E-state index in [-0.39, 0.29) is 25.0 Å². The Bertz CT molecular complexity index is 834. The number of carboxylic acids is 2. The maximum atomic E-state index is 12.9. The highest BCUT2D eigenvalue weighted by molar-refractivity contribution is 7.80. The van der Waals surface area contributed by atoms with E-state index in [2.05, 4.69) is 38.5 Å². The van der Waals surface area contributed by atoms with E-state index in [0.717, 1.165) is 0 Å². The van der Waals surface area contributed by atoms with Crippen molar-refractivity contribution < 1.29 is 39.3 Å². The number of nitrogens with one attached hydrogen (secondary N) is 4. The van der Waals surface area contributed by atoms with Gasteiger partial charge >= 0.3 is 11.9 Å². The van der Waals surface area contributed by atoms with Crippen molar-refractivity contribution in [3.05, 3.63) is 18.2 Å². The molecule has 14 nitrogen and oxygen atoms in total. The minimum atomic E-state index is -1.54. The molecule has 0 saturated carbocycles. The van der Waals surface area contributed by atoms with Gasteiger partial charge in [0.15, 0.2) is 0 Å². The van der Waals surface area contributed by atoms with Crippen molar-refractivity contribution >= 4 is 42.3 Å². The van der Waals surface area contributed by atoms with Crippen LogP contribution in [0.1, 0.15) is 25.5 Å². The van der Waals surface area contributed by atoms with E-state index in [0.29, 0.717) is 5.69 Å². The molecule has 0 saturated heterocycles. The van der Waals surface area contributed by atoms with Gasteiger partial charge in [0.2, 0.25) is 17.7 Å². The summed E-state index contributed by atoms with van der Waals surface area (Å²) in [5.41, 5.74) is 6.14. The standard InChI is InChI=1S/C18H28N6O8S/c1-8(25)14(17(30)23-12(6-33)18(31)32)24-16(29)11(4-9-5-20-7-21-9)22-15(28)10(19)2-3-13(26)27/h5,7-8,10-12,14,25,33H,2-4,6,19H2,1H3,(H,20,21)(H,22,28)(H,23,30)(H,24,29)(H,26,27)(H,31,32). The van der Waals surface area contributed by atoms with Gasteiger partial charge in [0, 0.05) is 30.5 Å². The summed E-state index contributed by atoms with van der Waals surface area (Å²) < 4.78 is 0. The highest BCUT2D eigenvalue weighted by atomic mass is 32.1. The van der Waals surface area contributed by atoms with Crippen LogP contribution in [-0.2, 0) is 30.4 Å². The second-order valence-corrected chi connectivity index (χ2v) is 7.56. The number of aliphatic hydroxyl groups is 1. The maximum absolute atomic E-state index is 12.9. The Hall–Kier alpha value is -3.17. The topological polar surface area (TPSA) is 237 Å². The van der Waals surface area contributed by atoms with Crippen molar-refractivity contribution in [2.24, 2.45) is 5.73 Å². The Morgan fingerprint density at radius 1 is 1.09 bits per heavy atom. The Morgan fingerprint density at radius 3 is 2.21 bits per heavy atom. The molecule has 5 atom stereocenters. The minimum Gasteiger partial charge on any atom is -0.481 e. The fourth-order valence-electron chi connectivity index (χ4n) is 2.62. The first-order valence-electron chi connectivity index (χ1n) is 9.83. The van der Waals surface area contributed by atoms with E-state index in [1.165, 1.54) is 19.4 Å². The number of carbonyl (C=O) groups excluding carboxylic acids is 3. The number of aromatic nitrogens is 2. The Kier molecular flexibility index (Phi) is 11.3. The molecule has 1 rings (SSSR count). The lowest BCUT2D eigenvalue weighted by Crippen LogP contribution is -2.60. The van der Waals surface area contributed by atoms with Crippen LogP contribution in [0.3, 0.4) is 0 Å². The van der Waals surface area contributed by atoms with Gasteiger partial charge in [0.05, 0.1) is 18.5 Å². The number of carboxylic acid groups (broad SMARTS) is 2. The molecule has 184 valence electrons. The molecule has 0 aliphatic carbocycles. The lowest BCUT2D eigenvalue weighted by molar-refractivity contribution is -0.142. The molecule has 0 aliphatic rings. The van der Waals surface area contributed by atoms with Crippen molar-refractivity contribution in [3.8, 4) is 0 Å². The Balaban J connectivity index is 2.97. The van der Waals surface area contributed by atoms with Crippen molar-refractivity contribution in [1.82, 2.24) is 25.9 Å². The van der Waals surface area contributed by atoms with E-state index in [1.54, 1.807) is 0 Å². The zero-order valence-electron chi connectivity index (χ0n) is 17.7. The third-order valence-corrected chi connectivity index (χ3v) is 4.84. The molecule has 1 aromatic rings. The van der Waals surface area contributed by atoms with E-state index in [9.17, 15) is 29.1 Å². The van der Waals surface area contributed by atoms with Crippen molar-refractivity contribution in [2.45, 2.75) is 56.5 Å². The molecule has 3 amide bonds. The second kappa shape index (κ2) is 13.4. The monoisotopic (exact) mass is 488 g/mol. The summed E-state index contributed by atoms with van der Waals surface area (Å²) in [6.45, 7) is 1.21. The normalized spacial score (nSPS) is 15.4. The Labute approximate surface area is 194 Å². The molecule has 0 fully saturated rings. The van der Waals surface area contributed by atoms with Gasteiger partial charge in [0.1, 0.15) is 18.1 Å². The summed E-state index contributed by atoms with van der Waals surface area (Å²) in [7, 11) is 0. The van der Waals surface area contributed by atoms with Gasteiger partial charge in [-0.2, -0.15) is 12.6 Å². The third kappa shape index (κ3) is 9.46. The lowest BCUT2D eigenvalue weighted by atomic mass is 10.1. The molecule has 0 radical (unpaired) electrons. The number of rotatable bonds is 14. The number of H-pyrrole nitrogens is 1. The molecule has 0 aromatic carbocycles. The zero-order chi connectivity index (χ0) is 25.1. The molecule has 0 spiro atoms. The first-order chi connectivity index (χ1) is 15.5. The second-order valence-electron chi connectivity index (χ2n) is 7.19. The number of aliphatic hydroxyl groups excluding tert-OH is 1. The fourth-order valence-corrected chi connectivity index (χ4v) is 2.87. The molecule has 1 aromatic heterocycles. The van der Waals surface area contributed by atoms with Crippen molar-refractivity contribution in [3.63, 3.8) is 0 Å². The van der Waals surface area contributed by atoms with Crippen LogP contribution in [0.25, 0.3) is 0 Å². The van der Waals surface area contributed by atoms with Crippen LogP contribution in [0.2, 0.25) is 0 Å². The van der Waals surface area contributed by atoms with Gasteiger partial charge in [-0.05, 0) is 13.3 Å². The Morgan fingerprint density at radius 2 is 1.73 bits per heavy atom. The summed E-state index contributed by atoms with van der Waals surface area (Å²) in [6, 6.07) is -5.38. The predicted octanol–water partition coefficient (Wildman–Crippen LogP) is -3.01. The van der Waals surface area contributed by atoms with E-state index in [1.807, 2.05) is 0 Å². The SMILES string of the molecule is CC(O)C(NC(=O)C(Cc1cnc[nH]1)NC(=O)C(N)CCC(=O)O)C(=O)NC(CS)C(=O)O. The summed E-state index contributed by atoms with van der Waals surface area (Å²) in [5, 5.41) is 34.6. The van der Waals surface area contributed by atoms with Gasteiger partial charge in [-0.3, -0.25) is 19.2 Å². The molecule has 0 aliphatic heterocycles. The van der Waals surface area contributed by atoms with Crippen LogP contribution in [-0.4, -0.2) is 91.0 Å². The van der Waals surface area contributed by atoms with E-state index >= 15 is 0 Å². The van der Waals surface area contributed by atoms with Gasteiger partial charge in [0.25, 0.3) is 0 Å². The summed E-state index contributed by atoms with van der Waals surface area (Å²) in [5.74, 6) is -5.36. The summed E-state index contributed by atoms with van der Waals surface area (Å²) in [6.07, 6.45) is 0.723. The molecular formula is C18H28N6O8S. The number of hydrogen-bond acceptors (Lipinski definition) is 9.